The van der Waals surface area contributed by atoms with Crippen molar-refractivity contribution in [2.75, 3.05) is 0 Å². The number of benzene rings is 1. The molecule has 76 valence electrons. The van der Waals surface area contributed by atoms with Crippen LogP contribution >= 0.6 is 11.6 Å². The Morgan fingerprint density at radius 3 is 2.57 bits per heavy atom. The predicted molar refractivity (Wildman–Crippen MR) is 57.1 cm³/mol. The smallest absolute Gasteiger partial charge is 0.256 e. The number of hydrogen-bond donors (Lipinski definition) is 0. The molecule has 3 heteroatoms. The van der Waals surface area contributed by atoms with Crippen molar-refractivity contribution in [3.05, 3.63) is 29.3 Å². The second kappa shape index (κ2) is 4.47. The summed E-state index contributed by atoms with van der Waals surface area (Å²) in [6, 6.07) is 5.39. The van der Waals surface area contributed by atoms with Crippen molar-refractivity contribution in [2.24, 2.45) is 0 Å². The van der Waals surface area contributed by atoms with Crippen LogP contribution in [0.25, 0.3) is 0 Å². The normalized spacial score (nSPS) is 10.4. The Morgan fingerprint density at radius 2 is 2.07 bits per heavy atom. The molecule has 0 fully saturated rings. The topological polar surface area (TPSA) is 26.3 Å². The van der Waals surface area contributed by atoms with Crippen LogP contribution < -0.4 is 4.74 Å². The van der Waals surface area contributed by atoms with E-state index in [1.807, 2.05) is 26.8 Å². The molecule has 0 aliphatic heterocycles. The van der Waals surface area contributed by atoms with Gasteiger partial charge in [-0.3, -0.25) is 4.79 Å². The highest BCUT2D eigenvalue weighted by atomic mass is 35.5. The van der Waals surface area contributed by atoms with Crippen LogP contribution in [0, 0.1) is 6.92 Å². The van der Waals surface area contributed by atoms with Crippen LogP contribution in [0.4, 0.5) is 0 Å². The zero-order valence-electron chi connectivity index (χ0n) is 8.50. The summed E-state index contributed by atoms with van der Waals surface area (Å²) in [7, 11) is 0. The summed E-state index contributed by atoms with van der Waals surface area (Å²) in [6.45, 7) is 5.72. The summed E-state index contributed by atoms with van der Waals surface area (Å²) in [5.74, 6) is 0.547. The third kappa shape index (κ3) is 2.74. The van der Waals surface area contributed by atoms with Gasteiger partial charge in [0, 0.05) is 0 Å². The molecule has 14 heavy (non-hydrogen) atoms. The lowest BCUT2D eigenvalue weighted by Crippen LogP contribution is -2.08. The number of carbonyl (C=O) groups is 1. The summed E-state index contributed by atoms with van der Waals surface area (Å²) < 4.78 is 5.46. The summed E-state index contributed by atoms with van der Waals surface area (Å²) in [4.78, 5) is 11.1. The van der Waals surface area contributed by atoms with Crippen LogP contribution in [0.3, 0.4) is 0 Å². The molecule has 0 spiro atoms. The molecule has 1 aromatic carbocycles. The minimum Gasteiger partial charge on any atom is -0.490 e. The number of aryl methyl sites for hydroxylation is 1. The van der Waals surface area contributed by atoms with Gasteiger partial charge in [0.2, 0.25) is 0 Å². The van der Waals surface area contributed by atoms with E-state index in [0.29, 0.717) is 11.3 Å². The average molecular weight is 213 g/mol. The van der Waals surface area contributed by atoms with E-state index in [0.717, 1.165) is 5.56 Å². The minimum atomic E-state index is -0.482. The number of ether oxygens (including phenoxy) is 1. The summed E-state index contributed by atoms with van der Waals surface area (Å²) in [5.41, 5.74) is 1.42. The van der Waals surface area contributed by atoms with E-state index in [4.69, 9.17) is 16.3 Å². The Labute approximate surface area is 88.8 Å². The molecule has 0 bridgehead atoms. The van der Waals surface area contributed by atoms with Gasteiger partial charge >= 0.3 is 0 Å². The van der Waals surface area contributed by atoms with Gasteiger partial charge in [-0.05, 0) is 44.5 Å². The van der Waals surface area contributed by atoms with Gasteiger partial charge in [-0.15, -0.1) is 0 Å². The molecule has 0 saturated carbocycles. The lowest BCUT2D eigenvalue weighted by Gasteiger charge is -2.12. The molecule has 1 aromatic rings. The SMILES string of the molecule is Cc1ccc(OC(C)C)c(C(=O)Cl)c1. The molecule has 0 amide bonds. The Hall–Kier alpha value is -1.02. The first kappa shape index (κ1) is 11.1. The van der Waals surface area contributed by atoms with Crippen LogP contribution in [0.5, 0.6) is 5.75 Å². The molecule has 0 aliphatic rings. The zero-order chi connectivity index (χ0) is 10.7. The van der Waals surface area contributed by atoms with Crippen molar-refractivity contribution in [1.82, 2.24) is 0 Å². The van der Waals surface area contributed by atoms with E-state index >= 15 is 0 Å². The Bertz CT molecular complexity index is 345. The van der Waals surface area contributed by atoms with Gasteiger partial charge in [-0.1, -0.05) is 11.6 Å². The van der Waals surface area contributed by atoms with Crippen molar-refractivity contribution in [1.29, 1.82) is 0 Å². The summed E-state index contributed by atoms with van der Waals surface area (Å²) >= 11 is 5.44. The maximum Gasteiger partial charge on any atom is 0.256 e. The monoisotopic (exact) mass is 212 g/mol. The van der Waals surface area contributed by atoms with Gasteiger partial charge < -0.3 is 4.74 Å². The summed E-state index contributed by atoms with van der Waals surface area (Å²) in [6.07, 6.45) is 0.0347. The lowest BCUT2D eigenvalue weighted by molar-refractivity contribution is 0.107. The molecule has 0 N–H and O–H groups in total. The second-order valence-electron chi connectivity index (χ2n) is 3.44. The fourth-order valence-electron chi connectivity index (χ4n) is 1.15. The van der Waals surface area contributed by atoms with Gasteiger partial charge in [-0.2, -0.15) is 0 Å². The van der Waals surface area contributed by atoms with E-state index in [1.165, 1.54) is 0 Å². The molecule has 0 radical (unpaired) electrons. The number of halogens is 1. The average Bonchev–Trinajstić information content (AvgIpc) is 2.07. The largest absolute Gasteiger partial charge is 0.490 e. The first-order chi connectivity index (χ1) is 6.50. The zero-order valence-corrected chi connectivity index (χ0v) is 9.26. The van der Waals surface area contributed by atoms with Crippen molar-refractivity contribution in [2.45, 2.75) is 26.9 Å². The third-order valence-corrected chi connectivity index (χ3v) is 1.91. The van der Waals surface area contributed by atoms with E-state index in [2.05, 4.69) is 0 Å². The molecule has 0 heterocycles. The molecular formula is C11H13ClO2. The second-order valence-corrected chi connectivity index (χ2v) is 3.78. The summed E-state index contributed by atoms with van der Waals surface area (Å²) in [5, 5.41) is -0.482. The van der Waals surface area contributed by atoms with E-state index < -0.39 is 5.24 Å². The van der Waals surface area contributed by atoms with Crippen LogP contribution in [0.1, 0.15) is 29.8 Å². The van der Waals surface area contributed by atoms with E-state index in [9.17, 15) is 4.79 Å². The standard InChI is InChI=1S/C11H13ClO2/c1-7(2)14-10-5-4-8(3)6-9(10)11(12)13/h4-7H,1-3H3. The quantitative estimate of drug-likeness (QED) is 0.720. The highest BCUT2D eigenvalue weighted by molar-refractivity contribution is 6.68. The highest BCUT2D eigenvalue weighted by Gasteiger charge is 2.11. The van der Waals surface area contributed by atoms with Crippen molar-refractivity contribution >= 4 is 16.8 Å². The van der Waals surface area contributed by atoms with Gasteiger partial charge in [0.25, 0.3) is 5.24 Å². The van der Waals surface area contributed by atoms with Crippen LogP contribution in [-0.2, 0) is 0 Å². The fraction of sp³-hybridized carbons (Fsp3) is 0.364. The molecule has 0 unspecified atom stereocenters. The van der Waals surface area contributed by atoms with Crippen molar-refractivity contribution < 1.29 is 9.53 Å². The number of carbonyl (C=O) groups excluding carboxylic acids is 1. The number of hydrogen-bond acceptors (Lipinski definition) is 2. The molecule has 0 aliphatic carbocycles. The number of rotatable bonds is 3. The molecule has 0 aromatic heterocycles. The van der Waals surface area contributed by atoms with E-state index in [1.54, 1.807) is 12.1 Å². The van der Waals surface area contributed by atoms with Crippen LogP contribution in [0.2, 0.25) is 0 Å². The van der Waals surface area contributed by atoms with E-state index in [-0.39, 0.29) is 6.10 Å². The molecule has 2 nitrogen and oxygen atoms in total. The predicted octanol–water partition coefficient (Wildman–Crippen LogP) is 3.16. The van der Waals surface area contributed by atoms with Crippen LogP contribution in [0.15, 0.2) is 18.2 Å². The Balaban J connectivity index is 3.08. The lowest BCUT2D eigenvalue weighted by atomic mass is 10.1. The van der Waals surface area contributed by atoms with Crippen molar-refractivity contribution in [3.8, 4) is 5.75 Å². The van der Waals surface area contributed by atoms with Crippen LogP contribution in [-0.4, -0.2) is 11.3 Å². The molecule has 1 rings (SSSR count). The van der Waals surface area contributed by atoms with Gasteiger partial charge in [0.05, 0.1) is 11.7 Å². The minimum absolute atomic E-state index is 0.0347. The van der Waals surface area contributed by atoms with Gasteiger partial charge in [0.15, 0.2) is 0 Å². The fourth-order valence-corrected chi connectivity index (χ4v) is 1.30. The molecular weight excluding hydrogens is 200 g/mol. The van der Waals surface area contributed by atoms with Crippen molar-refractivity contribution in [3.63, 3.8) is 0 Å². The first-order valence-corrected chi connectivity index (χ1v) is 4.85. The Kier molecular flexibility index (Phi) is 3.53. The molecule has 0 saturated heterocycles. The maximum absolute atomic E-state index is 11.1. The maximum atomic E-state index is 11.1. The first-order valence-electron chi connectivity index (χ1n) is 4.48. The third-order valence-electron chi connectivity index (χ3n) is 1.71. The Morgan fingerprint density at radius 1 is 1.43 bits per heavy atom. The van der Waals surface area contributed by atoms with Gasteiger partial charge in [-0.25, -0.2) is 0 Å². The molecule has 0 atom stereocenters. The van der Waals surface area contributed by atoms with Gasteiger partial charge in [0.1, 0.15) is 5.75 Å². The highest BCUT2D eigenvalue weighted by Crippen LogP contribution is 2.22.